The number of nitrogens with one attached hydrogen (secondary N) is 1. The van der Waals surface area contributed by atoms with Crippen LogP contribution in [-0.4, -0.2) is 41.3 Å². The molecule has 0 atom stereocenters. The molecule has 0 unspecified atom stereocenters. The maximum Gasteiger partial charge on any atom is 0.265 e. The predicted octanol–water partition coefficient (Wildman–Crippen LogP) is 0.993. The molecule has 0 saturated heterocycles. The van der Waals surface area contributed by atoms with E-state index in [2.05, 4.69) is 25.4 Å². The van der Waals surface area contributed by atoms with Crippen molar-refractivity contribution in [2.24, 2.45) is 0 Å². The minimum Gasteiger partial charge on any atom is -0.377 e. The summed E-state index contributed by atoms with van der Waals surface area (Å²) in [5, 5.41) is 6.97. The monoisotopic (exact) mass is 278 g/mol. The Balaban J connectivity index is 2.02. The molecule has 0 aliphatic heterocycles. The van der Waals surface area contributed by atoms with Crippen LogP contribution in [0.4, 0.5) is 11.8 Å². The van der Waals surface area contributed by atoms with Crippen LogP contribution in [0.2, 0.25) is 0 Å². The summed E-state index contributed by atoms with van der Waals surface area (Å²) in [7, 11) is 5.32. The summed E-state index contributed by atoms with van der Waals surface area (Å²) in [6, 6.07) is 1.85. The van der Waals surface area contributed by atoms with Crippen molar-refractivity contribution in [2.75, 3.05) is 31.4 Å². The highest BCUT2D eigenvalue weighted by Crippen LogP contribution is 2.10. The lowest BCUT2D eigenvalue weighted by atomic mass is 10.4. The Morgan fingerprint density at radius 3 is 2.75 bits per heavy atom. The van der Waals surface area contributed by atoms with Crippen molar-refractivity contribution in [1.82, 2.24) is 20.1 Å². The van der Waals surface area contributed by atoms with Gasteiger partial charge < -0.3 is 19.5 Å². The van der Waals surface area contributed by atoms with Gasteiger partial charge in [0.2, 0.25) is 5.89 Å². The first kappa shape index (κ1) is 14.2. The van der Waals surface area contributed by atoms with E-state index >= 15 is 0 Å². The van der Waals surface area contributed by atoms with Crippen LogP contribution in [0.3, 0.4) is 0 Å². The van der Waals surface area contributed by atoms with Gasteiger partial charge >= 0.3 is 0 Å². The third-order valence-electron chi connectivity index (χ3n) is 2.45. The quantitative estimate of drug-likeness (QED) is 0.836. The summed E-state index contributed by atoms with van der Waals surface area (Å²) < 4.78 is 10.2. The number of hydrogen-bond donors (Lipinski definition) is 1. The lowest BCUT2D eigenvalue weighted by molar-refractivity contribution is 0.177. The average Bonchev–Trinajstić information content (AvgIpc) is 2.85. The number of aromatic nitrogens is 4. The summed E-state index contributed by atoms with van der Waals surface area (Å²) in [5.74, 6) is 2.38. The SMILES string of the molecule is COCc1nc(C)cc(NCc2nc(N(C)C)no2)n1. The molecule has 20 heavy (non-hydrogen) atoms. The van der Waals surface area contributed by atoms with Crippen LogP contribution in [-0.2, 0) is 17.9 Å². The first-order valence-corrected chi connectivity index (χ1v) is 6.15. The van der Waals surface area contributed by atoms with Crippen molar-refractivity contribution in [2.45, 2.75) is 20.1 Å². The molecule has 2 aromatic rings. The van der Waals surface area contributed by atoms with Crippen LogP contribution >= 0.6 is 0 Å². The van der Waals surface area contributed by atoms with Gasteiger partial charge in [-0.1, -0.05) is 0 Å². The largest absolute Gasteiger partial charge is 0.377 e. The van der Waals surface area contributed by atoms with Gasteiger partial charge in [0.25, 0.3) is 5.95 Å². The average molecular weight is 278 g/mol. The van der Waals surface area contributed by atoms with Gasteiger partial charge in [-0.2, -0.15) is 4.98 Å². The molecule has 2 heterocycles. The van der Waals surface area contributed by atoms with Crippen LogP contribution in [0.1, 0.15) is 17.4 Å². The minimum atomic E-state index is 0.377. The van der Waals surface area contributed by atoms with Gasteiger partial charge in [-0.3, -0.25) is 0 Å². The number of rotatable bonds is 6. The van der Waals surface area contributed by atoms with E-state index in [4.69, 9.17) is 9.26 Å². The van der Waals surface area contributed by atoms with Crippen molar-refractivity contribution in [3.05, 3.63) is 23.5 Å². The van der Waals surface area contributed by atoms with Gasteiger partial charge in [0.1, 0.15) is 12.4 Å². The van der Waals surface area contributed by atoms with Gasteiger partial charge in [0.05, 0.1) is 6.54 Å². The maximum absolute atomic E-state index is 5.12. The molecule has 2 aromatic heterocycles. The fourth-order valence-corrected chi connectivity index (χ4v) is 1.58. The lowest BCUT2D eigenvalue weighted by Crippen LogP contribution is -2.10. The van der Waals surface area contributed by atoms with E-state index in [9.17, 15) is 0 Å². The second-order valence-electron chi connectivity index (χ2n) is 4.48. The Bertz CT molecular complexity index is 569. The van der Waals surface area contributed by atoms with Crippen LogP contribution in [0.5, 0.6) is 0 Å². The summed E-state index contributed by atoms with van der Waals surface area (Å²) >= 11 is 0. The predicted molar refractivity (Wildman–Crippen MR) is 73.4 cm³/mol. The van der Waals surface area contributed by atoms with E-state index in [1.54, 1.807) is 12.0 Å². The molecule has 0 amide bonds. The molecule has 8 nitrogen and oxygen atoms in total. The Hall–Kier alpha value is -2.22. The van der Waals surface area contributed by atoms with Crippen molar-refractivity contribution in [3.8, 4) is 0 Å². The second kappa shape index (κ2) is 6.29. The van der Waals surface area contributed by atoms with E-state index < -0.39 is 0 Å². The number of hydrogen-bond acceptors (Lipinski definition) is 8. The molecule has 0 bridgehead atoms. The van der Waals surface area contributed by atoms with Gasteiger partial charge in [-0.25, -0.2) is 9.97 Å². The minimum absolute atomic E-state index is 0.377. The third-order valence-corrected chi connectivity index (χ3v) is 2.45. The van der Waals surface area contributed by atoms with Gasteiger partial charge in [0.15, 0.2) is 5.82 Å². The Morgan fingerprint density at radius 1 is 1.30 bits per heavy atom. The molecule has 108 valence electrons. The number of aryl methyl sites for hydroxylation is 1. The fourth-order valence-electron chi connectivity index (χ4n) is 1.58. The first-order valence-electron chi connectivity index (χ1n) is 6.15. The van der Waals surface area contributed by atoms with E-state index in [1.807, 2.05) is 27.1 Å². The highest BCUT2D eigenvalue weighted by atomic mass is 16.5. The molecule has 8 heteroatoms. The van der Waals surface area contributed by atoms with Crippen LogP contribution in [0, 0.1) is 6.92 Å². The Labute approximate surface area is 117 Å². The number of nitrogens with zero attached hydrogens (tertiary/aromatic N) is 5. The normalized spacial score (nSPS) is 10.6. The molecular weight excluding hydrogens is 260 g/mol. The second-order valence-corrected chi connectivity index (χ2v) is 4.48. The van der Waals surface area contributed by atoms with Crippen LogP contribution in [0.25, 0.3) is 0 Å². The molecule has 2 rings (SSSR count). The van der Waals surface area contributed by atoms with E-state index in [0.717, 1.165) is 5.69 Å². The zero-order chi connectivity index (χ0) is 14.5. The molecule has 0 aliphatic carbocycles. The summed E-state index contributed by atoms with van der Waals surface area (Å²) in [5.41, 5.74) is 0.869. The van der Waals surface area contributed by atoms with Crippen LogP contribution in [0.15, 0.2) is 10.6 Å². The van der Waals surface area contributed by atoms with Crippen molar-refractivity contribution >= 4 is 11.8 Å². The van der Waals surface area contributed by atoms with Gasteiger partial charge in [-0.05, 0) is 12.1 Å². The Kier molecular flexibility index (Phi) is 4.46. The molecule has 1 N–H and O–H groups in total. The number of ether oxygens (including phenoxy) is 1. The summed E-state index contributed by atoms with van der Waals surface area (Å²) in [6.45, 7) is 2.69. The maximum atomic E-state index is 5.12. The third kappa shape index (κ3) is 3.64. The zero-order valence-electron chi connectivity index (χ0n) is 12.0. The van der Waals surface area contributed by atoms with Gasteiger partial charge in [0, 0.05) is 33.0 Å². The number of anilines is 2. The molecular formula is C12H18N6O2. The molecule has 0 saturated carbocycles. The Morgan fingerprint density at radius 2 is 2.10 bits per heavy atom. The smallest absolute Gasteiger partial charge is 0.265 e. The van der Waals surface area contributed by atoms with E-state index in [1.165, 1.54) is 0 Å². The summed E-state index contributed by atoms with van der Waals surface area (Å²) in [6.07, 6.45) is 0. The van der Waals surface area contributed by atoms with Crippen molar-refractivity contribution < 1.29 is 9.26 Å². The number of methoxy groups -OCH3 is 1. The van der Waals surface area contributed by atoms with Crippen LogP contribution < -0.4 is 10.2 Å². The van der Waals surface area contributed by atoms with E-state index in [-0.39, 0.29) is 0 Å². The lowest BCUT2D eigenvalue weighted by Gasteiger charge is -2.06. The van der Waals surface area contributed by atoms with E-state index in [0.29, 0.717) is 36.6 Å². The zero-order valence-corrected chi connectivity index (χ0v) is 12.0. The standard InChI is InChI=1S/C12H18N6O2/c1-8-5-9(15-10(14-8)7-19-4)13-6-11-16-12(17-20-11)18(2)3/h5H,6-7H2,1-4H3,(H,13,14,15). The topological polar surface area (TPSA) is 89.2 Å². The van der Waals surface area contributed by atoms with Gasteiger partial charge in [-0.15, -0.1) is 0 Å². The molecule has 0 radical (unpaired) electrons. The van der Waals surface area contributed by atoms with Crippen molar-refractivity contribution in [3.63, 3.8) is 0 Å². The molecule has 0 aromatic carbocycles. The fraction of sp³-hybridized carbons (Fsp3) is 0.500. The molecule has 0 spiro atoms. The highest BCUT2D eigenvalue weighted by Gasteiger charge is 2.08. The molecule has 0 fully saturated rings. The summed E-state index contributed by atoms with van der Waals surface area (Å²) in [4.78, 5) is 14.6. The first-order chi connectivity index (χ1) is 9.58. The van der Waals surface area contributed by atoms with Crippen molar-refractivity contribution in [1.29, 1.82) is 0 Å². The molecule has 0 aliphatic rings. The highest BCUT2D eigenvalue weighted by molar-refractivity contribution is 5.36.